The normalized spacial score (nSPS) is 11.7. The van der Waals surface area contributed by atoms with E-state index in [1.807, 2.05) is 31.4 Å². The Labute approximate surface area is 129 Å². The van der Waals surface area contributed by atoms with Gasteiger partial charge in [-0.3, -0.25) is 9.79 Å². The average Bonchev–Trinajstić information content (AvgIpc) is 2.94. The first-order valence-electron chi connectivity index (χ1n) is 7.13. The molecule has 1 aromatic heterocycles. The number of aromatic nitrogens is 1. The average molecular weight is 300 g/mol. The van der Waals surface area contributed by atoms with Crippen LogP contribution in [0, 0.1) is 6.92 Å². The summed E-state index contributed by atoms with van der Waals surface area (Å²) in [7, 11) is 0. The molecule has 0 unspecified atom stereocenters. The Balaban J connectivity index is 2.61. The van der Waals surface area contributed by atoms with Crippen LogP contribution in [-0.2, 0) is 0 Å². The van der Waals surface area contributed by atoms with Crippen LogP contribution in [0.25, 0.3) is 10.6 Å². The lowest BCUT2D eigenvalue weighted by molar-refractivity contribution is 0.101. The van der Waals surface area contributed by atoms with Gasteiger partial charge < -0.3 is 0 Å². The van der Waals surface area contributed by atoms with Crippen molar-refractivity contribution >= 4 is 28.5 Å². The minimum atomic E-state index is 0.0480. The van der Waals surface area contributed by atoms with E-state index in [-0.39, 0.29) is 5.78 Å². The van der Waals surface area contributed by atoms with Crippen LogP contribution in [0.15, 0.2) is 28.7 Å². The third kappa shape index (κ3) is 3.45. The van der Waals surface area contributed by atoms with Gasteiger partial charge in [0.25, 0.3) is 0 Å². The van der Waals surface area contributed by atoms with E-state index in [0.717, 1.165) is 40.4 Å². The second-order valence-corrected chi connectivity index (χ2v) is 6.02. The molecule has 0 aliphatic rings. The van der Waals surface area contributed by atoms with E-state index in [4.69, 9.17) is 4.99 Å². The van der Waals surface area contributed by atoms with Crippen molar-refractivity contribution in [1.29, 1.82) is 0 Å². The molecule has 2 rings (SSSR count). The Morgan fingerprint density at radius 3 is 2.67 bits per heavy atom. The van der Waals surface area contributed by atoms with Crippen LogP contribution < -0.4 is 0 Å². The van der Waals surface area contributed by atoms with Crippen molar-refractivity contribution in [2.24, 2.45) is 4.99 Å². The summed E-state index contributed by atoms with van der Waals surface area (Å²) in [6, 6.07) is 3.84. The van der Waals surface area contributed by atoms with Crippen LogP contribution in [0.1, 0.15) is 49.5 Å². The molecule has 0 aliphatic carbocycles. The Kier molecular flexibility index (Phi) is 5.02. The molecule has 0 amide bonds. The standard InChI is InChI=1S/C17H20N2OS/c1-5-6-11(2)19-16-12(3)14(17-18-9-10-21-17)7-8-15(16)13(4)20/h7-10H,5-6H2,1-4H3/b19-11-. The van der Waals surface area contributed by atoms with Gasteiger partial charge in [0, 0.05) is 28.4 Å². The number of carbonyl (C=O) groups excluding carboxylic acids is 1. The third-order valence-electron chi connectivity index (χ3n) is 3.39. The van der Waals surface area contributed by atoms with Crippen molar-refractivity contribution < 1.29 is 4.79 Å². The third-order valence-corrected chi connectivity index (χ3v) is 4.19. The van der Waals surface area contributed by atoms with E-state index in [9.17, 15) is 4.79 Å². The monoisotopic (exact) mass is 300 g/mol. The fourth-order valence-corrected chi connectivity index (χ4v) is 3.05. The topological polar surface area (TPSA) is 42.3 Å². The molecule has 4 heteroatoms. The zero-order valence-electron chi connectivity index (χ0n) is 12.9. The molecule has 0 spiro atoms. The first kappa shape index (κ1) is 15.6. The van der Waals surface area contributed by atoms with Gasteiger partial charge in [-0.15, -0.1) is 11.3 Å². The lowest BCUT2D eigenvalue weighted by atomic mass is 10.00. The van der Waals surface area contributed by atoms with Gasteiger partial charge in [0.15, 0.2) is 5.78 Å². The van der Waals surface area contributed by atoms with Crippen molar-refractivity contribution in [2.75, 3.05) is 0 Å². The molecule has 0 saturated carbocycles. The summed E-state index contributed by atoms with van der Waals surface area (Å²) in [6.07, 6.45) is 3.79. The van der Waals surface area contributed by atoms with E-state index in [1.165, 1.54) is 0 Å². The number of ketones is 1. The summed E-state index contributed by atoms with van der Waals surface area (Å²) >= 11 is 1.60. The first-order chi connectivity index (χ1) is 10.0. The highest BCUT2D eigenvalue weighted by atomic mass is 32.1. The second kappa shape index (κ2) is 6.76. The van der Waals surface area contributed by atoms with E-state index < -0.39 is 0 Å². The van der Waals surface area contributed by atoms with Gasteiger partial charge in [0.1, 0.15) is 5.01 Å². The van der Waals surface area contributed by atoms with Crippen molar-refractivity contribution in [3.63, 3.8) is 0 Å². The number of thiazole rings is 1. The minimum Gasteiger partial charge on any atom is -0.294 e. The number of Topliss-reactive ketones (excluding diaryl/α,β-unsaturated/α-hetero) is 1. The molecule has 2 aromatic rings. The van der Waals surface area contributed by atoms with Gasteiger partial charge in [0.05, 0.1) is 5.69 Å². The quantitative estimate of drug-likeness (QED) is 0.561. The van der Waals surface area contributed by atoms with Crippen molar-refractivity contribution in [3.05, 3.63) is 34.8 Å². The summed E-state index contributed by atoms with van der Waals surface area (Å²) in [5, 5.41) is 2.92. The SMILES string of the molecule is CCC/C(C)=N\c1c(C(C)=O)ccc(-c2nccs2)c1C. The van der Waals surface area contributed by atoms with Crippen molar-refractivity contribution in [1.82, 2.24) is 4.98 Å². The lowest BCUT2D eigenvalue weighted by Gasteiger charge is -2.11. The molecule has 0 fully saturated rings. The molecule has 0 saturated heterocycles. The fraction of sp³-hybridized carbons (Fsp3) is 0.353. The van der Waals surface area contributed by atoms with Crippen LogP contribution in [0.3, 0.4) is 0 Å². The maximum Gasteiger partial charge on any atom is 0.161 e. The Hall–Kier alpha value is -1.81. The molecule has 0 bridgehead atoms. The molecule has 0 radical (unpaired) electrons. The Morgan fingerprint density at radius 1 is 1.33 bits per heavy atom. The zero-order valence-corrected chi connectivity index (χ0v) is 13.8. The predicted octanol–water partition coefficient (Wildman–Crippen LogP) is 5.21. The molecule has 110 valence electrons. The summed E-state index contributed by atoms with van der Waals surface area (Å²) in [4.78, 5) is 20.9. The van der Waals surface area contributed by atoms with E-state index in [1.54, 1.807) is 24.5 Å². The van der Waals surface area contributed by atoms with Gasteiger partial charge in [-0.05, 0) is 38.8 Å². The molecule has 1 aromatic carbocycles. The number of hydrogen-bond acceptors (Lipinski definition) is 4. The Morgan fingerprint density at radius 2 is 2.10 bits per heavy atom. The number of aliphatic imine (C=N–C) groups is 1. The number of nitrogens with zero attached hydrogens (tertiary/aromatic N) is 2. The highest BCUT2D eigenvalue weighted by molar-refractivity contribution is 7.13. The molecular weight excluding hydrogens is 280 g/mol. The van der Waals surface area contributed by atoms with Gasteiger partial charge in [-0.1, -0.05) is 19.4 Å². The molecule has 0 N–H and O–H groups in total. The van der Waals surface area contributed by atoms with Crippen LogP contribution >= 0.6 is 11.3 Å². The van der Waals surface area contributed by atoms with Crippen LogP contribution in [-0.4, -0.2) is 16.5 Å². The van der Waals surface area contributed by atoms with Crippen LogP contribution in [0.5, 0.6) is 0 Å². The smallest absolute Gasteiger partial charge is 0.161 e. The molecule has 3 nitrogen and oxygen atoms in total. The molecule has 0 aliphatic heterocycles. The number of hydrogen-bond donors (Lipinski definition) is 0. The molecular formula is C17H20N2OS. The van der Waals surface area contributed by atoms with Crippen molar-refractivity contribution in [2.45, 2.75) is 40.5 Å². The maximum atomic E-state index is 11.9. The highest BCUT2D eigenvalue weighted by Crippen LogP contribution is 2.34. The molecule has 0 atom stereocenters. The van der Waals surface area contributed by atoms with Gasteiger partial charge >= 0.3 is 0 Å². The van der Waals surface area contributed by atoms with Gasteiger partial charge in [-0.2, -0.15) is 0 Å². The number of benzene rings is 1. The zero-order chi connectivity index (χ0) is 15.4. The van der Waals surface area contributed by atoms with Crippen LogP contribution in [0.2, 0.25) is 0 Å². The molecule has 21 heavy (non-hydrogen) atoms. The predicted molar refractivity (Wildman–Crippen MR) is 90.0 cm³/mol. The molecule has 1 heterocycles. The first-order valence-corrected chi connectivity index (χ1v) is 8.01. The maximum absolute atomic E-state index is 11.9. The Bertz CT molecular complexity index is 672. The minimum absolute atomic E-state index is 0.0480. The largest absolute Gasteiger partial charge is 0.294 e. The van der Waals surface area contributed by atoms with Crippen LogP contribution in [0.4, 0.5) is 5.69 Å². The lowest BCUT2D eigenvalue weighted by Crippen LogP contribution is -1.98. The summed E-state index contributed by atoms with van der Waals surface area (Å²) < 4.78 is 0. The summed E-state index contributed by atoms with van der Waals surface area (Å²) in [5.74, 6) is 0.0480. The van der Waals surface area contributed by atoms with E-state index >= 15 is 0 Å². The van der Waals surface area contributed by atoms with E-state index in [0.29, 0.717) is 5.56 Å². The highest BCUT2D eigenvalue weighted by Gasteiger charge is 2.15. The summed E-state index contributed by atoms with van der Waals surface area (Å²) in [6.45, 7) is 7.75. The van der Waals surface area contributed by atoms with E-state index in [2.05, 4.69) is 11.9 Å². The van der Waals surface area contributed by atoms with Gasteiger partial charge in [0.2, 0.25) is 0 Å². The van der Waals surface area contributed by atoms with Crippen molar-refractivity contribution in [3.8, 4) is 10.6 Å². The summed E-state index contributed by atoms with van der Waals surface area (Å²) in [5.41, 5.74) is 4.61. The number of rotatable bonds is 5. The fourth-order valence-electron chi connectivity index (χ4n) is 2.33. The second-order valence-electron chi connectivity index (χ2n) is 5.12. The number of carbonyl (C=O) groups is 1. The van der Waals surface area contributed by atoms with Gasteiger partial charge in [-0.25, -0.2) is 4.98 Å².